The van der Waals surface area contributed by atoms with Crippen LogP contribution in [0.5, 0.6) is 0 Å². The molecular formula is C38H57N3O6S. The average molecular weight is 684 g/mol. The van der Waals surface area contributed by atoms with Crippen molar-refractivity contribution in [2.24, 2.45) is 52.3 Å². The number of aliphatic hydroxyl groups is 2. The monoisotopic (exact) mass is 683 g/mol. The molecule has 10 heteroatoms. The van der Waals surface area contributed by atoms with Crippen molar-refractivity contribution in [1.82, 2.24) is 15.0 Å². The van der Waals surface area contributed by atoms with Crippen LogP contribution in [-0.4, -0.2) is 46.8 Å². The zero-order valence-corrected chi connectivity index (χ0v) is 30.5. The second-order valence-corrected chi connectivity index (χ2v) is 18.4. The van der Waals surface area contributed by atoms with Crippen LogP contribution in [-0.2, 0) is 8.37 Å². The van der Waals surface area contributed by atoms with Gasteiger partial charge in [-0.05, 0) is 134 Å². The van der Waals surface area contributed by atoms with Crippen molar-refractivity contribution in [2.75, 3.05) is 13.3 Å². The van der Waals surface area contributed by atoms with Gasteiger partial charge in [0.05, 0.1) is 23.3 Å². The summed E-state index contributed by atoms with van der Waals surface area (Å²) < 4.78 is 20.6. The highest BCUT2D eigenvalue weighted by molar-refractivity contribution is 8.25. The summed E-state index contributed by atoms with van der Waals surface area (Å²) in [6.45, 7) is 14.2. The van der Waals surface area contributed by atoms with Crippen LogP contribution in [0.1, 0.15) is 96.9 Å². The summed E-state index contributed by atoms with van der Waals surface area (Å²) in [7, 11) is -2.38. The van der Waals surface area contributed by atoms with Crippen LogP contribution in [0.2, 0.25) is 0 Å². The van der Waals surface area contributed by atoms with Crippen LogP contribution in [0.3, 0.4) is 0 Å². The van der Waals surface area contributed by atoms with Gasteiger partial charge in [0.1, 0.15) is 0 Å². The van der Waals surface area contributed by atoms with Crippen molar-refractivity contribution in [3.05, 3.63) is 35.9 Å². The van der Waals surface area contributed by atoms with Gasteiger partial charge in [0.2, 0.25) is 0 Å². The van der Waals surface area contributed by atoms with E-state index in [0.717, 1.165) is 48.1 Å². The van der Waals surface area contributed by atoms with Gasteiger partial charge in [0.15, 0.2) is 18.4 Å². The summed E-state index contributed by atoms with van der Waals surface area (Å²) in [5, 5.41) is 25.7. The number of aryl methyl sites for hydroxylation is 2. The number of aliphatic hydroxyl groups excluding tert-OH is 2. The second kappa shape index (κ2) is 12.9. The maximum atomic E-state index is 13.2. The molecule has 4 saturated carbocycles. The summed E-state index contributed by atoms with van der Waals surface area (Å²) >= 11 is 0. The van der Waals surface area contributed by atoms with Gasteiger partial charge in [0, 0.05) is 19.0 Å². The van der Waals surface area contributed by atoms with E-state index < -0.39 is 10.8 Å². The molecule has 1 aromatic carbocycles. The average Bonchev–Trinajstić information content (AvgIpc) is 3.63. The van der Waals surface area contributed by atoms with E-state index >= 15 is 0 Å². The summed E-state index contributed by atoms with van der Waals surface area (Å²) in [5.41, 5.74) is 2.28. The molecule has 2 aromatic rings. The van der Waals surface area contributed by atoms with E-state index in [1.807, 2.05) is 32.0 Å². The number of carbonyl (C=O) groups is 1. The topological polar surface area (TPSA) is 126 Å². The molecule has 2 amide bonds. The number of oxazole rings is 1. The van der Waals surface area contributed by atoms with E-state index in [0.29, 0.717) is 53.7 Å². The first-order valence-corrected chi connectivity index (χ1v) is 20.0. The molecule has 48 heavy (non-hydrogen) atoms. The Kier molecular flexibility index (Phi) is 9.23. The molecule has 0 bridgehead atoms. The van der Waals surface area contributed by atoms with Gasteiger partial charge in [0.25, 0.3) is 0 Å². The van der Waals surface area contributed by atoms with Crippen molar-refractivity contribution < 1.29 is 27.8 Å². The first-order valence-electron chi connectivity index (χ1n) is 18.5. The van der Waals surface area contributed by atoms with Gasteiger partial charge >= 0.3 is 6.03 Å². The van der Waals surface area contributed by atoms with Crippen LogP contribution in [0, 0.1) is 66.1 Å². The number of carbonyl (C=O) groups excluding carboxylic acids is 1. The quantitative estimate of drug-likeness (QED) is 0.224. The zero-order chi connectivity index (χ0) is 34.0. The minimum absolute atomic E-state index is 0.147. The van der Waals surface area contributed by atoms with Crippen molar-refractivity contribution in [1.29, 1.82) is 0 Å². The third-order valence-electron chi connectivity index (χ3n) is 14.1. The van der Waals surface area contributed by atoms with Crippen molar-refractivity contribution >= 4 is 16.8 Å². The number of fused-ring (bicyclic) bond motifs is 5. The first-order chi connectivity index (χ1) is 22.9. The van der Waals surface area contributed by atoms with E-state index in [4.69, 9.17) is 12.8 Å². The van der Waals surface area contributed by atoms with Crippen molar-refractivity contribution in [3.63, 3.8) is 0 Å². The maximum Gasteiger partial charge on any atom is 0.333 e. The third kappa shape index (κ3) is 5.62. The molecule has 5 fully saturated rings. The fourth-order valence-corrected chi connectivity index (χ4v) is 13.5. The van der Waals surface area contributed by atoms with E-state index in [2.05, 4.69) is 42.7 Å². The number of aromatic nitrogens is 1. The molecule has 4 aliphatic carbocycles. The van der Waals surface area contributed by atoms with Crippen LogP contribution in [0.15, 0.2) is 33.7 Å². The Morgan fingerprint density at radius 3 is 2.48 bits per heavy atom. The van der Waals surface area contributed by atoms with Gasteiger partial charge in [-0.25, -0.2) is 22.9 Å². The number of urea groups is 1. The predicted octanol–water partition coefficient (Wildman–Crippen LogP) is 7.82. The Hall–Kier alpha value is -2.11. The molecule has 1 unspecified atom stereocenters. The molecule has 5 aliphatic rings. The molecule has 2 heterocycles. The Morgan fingerprint density at radius 2 is 1.81 bits per heavy atom. The lowest BCUT2D eigenvalue weighted by molar-refractivity contribution is -0.203. The van der Waals surface area contributed by atoms with Crippen molar-refractivity contribution in [3.8, 4) is 11.3 Å². The molecule has 266 valence electrons. The van der Waals surface area contributed by atoms with Crippen LogP contribution in [0.25, 0.3) is 11.3 Å². The molecule has 1 saturated heterocycles. The molecule has 4 N–H and O–H groups in total. The van der Waals surface area contributed by atoms with E-state index in [-0.39, 0.29) is 41.8 Å². The summed E-state index contributed by atoms with van der Waals surface area (Å²) in [5.74, 6) is 4.47. The largest absolute Gasteiger partial charge is 0.441 e. The van der Waals surface area contributed by atoms with Gasteiger partial charge < -0.3 is 19.9 Å². The van der Waals surface area contributed by atoms with Crippen LogP contribution >= 0.6 is 10.8 Å². The highest BCUT2D eigenvalue weighted by atomic mass is 32.3. The molecule has 11 atom stereocenters. The lowest BCUT2D eigenvalue weighted by Gasteiger charge is -2.64. The Morgan fingerprint density at radius 1 is 1.06 bits per heavy atom. The van der Waals surface area contributed by atoms with Gasteiger partial charge in [-0.15, -0.1) is 0 Å². The summed E-state index contributed by atoms with van der Waals surface area (Å²) in [4.78, 5) is 18.2. The standard InChI is InChI=1S/C38H57N3O6S/c1-7-27-31-19-26(42)12-15-38(31,6)30-13-16-37(5)28(9-10-29(37)34(30)35(27)43)22(2)14-17-39-36(44)41-48(45-21-46-48)33-11-8-25(18-23(33)3)32-20-40-24(4)47-32/h8,11,18,20,22,26-31,34-35,42-43H,7,9-10,12-17,19,21H2,1-6H3,(H2,39,41,44)/t22-,26-,27-,28-,29+,30+,31+,34?,35-,37-,38-/m1/s1. The van der Waals surface area contributed by atoms with E-state index in [1.54, 1.807) is 6.20 Å². The molecule has 1 aromatic heterocycles. The number of benzene rings is 1. The number of amides is 2. The number of hydrogen-bond donors (Lipinski definition) is 4. The molecule has 9 nitrogen and oxygen atoms in total. The smallest absolute Gasteiger partial charge is 0.333 e. The zero-order valence-electron chi connectivity index (χ0n) is 29.7. The molecule has 7 rings (SSSR count). The Labute approximate surface area is 288 Å². The SMILES string of the molecule is CC[C@H]1[C@@H](O)C2[C@@H]3CC[C@H]([C@H](C)CCNC(=O)NS4(c5ccc(-c6cnc(C)o6)cc5C)OCO4)[C@@]3(C)CC[C@@H]2[C@@]2(C)CC[C@@H](O)C[C@@H]12. The molecular weight excluding hydrogens is 627 g/mol. The predicted molar refractivity (Wildman–Crippen MR) is 186 cm³/mol. The number of rotatable bonds is 8. The lowest BCUT2D eigenvalue weighted by Crippen LogP contribution is -2.62. The number of nitrogens with one attached hydrogen (secondary N) is 2. The van der Waals surface area contributed by atoms with Crippen LogP contribution in [0.4, 0.5) is 4.79 Å². The van der Waals surface area contributed by atoms with E-state index in [1.165, 1.54) is 25.7 Å². The van der Waals surface area contributed by atoms with Gasteiger partial charge in [-0.2, -0.15) is 0 Å². The maximum absolute atomic E-state index is 13.2. The third-order valence-corrected chi connectivity index (χ3v) is 16.4. The minimum atomic E-state index is -2.38. The lowest BCUT2D eigenvalue weighted by atomic mass is 9.41. The Bertz CT molecular complexity index is 1500. The molecule has 1 aliphatic heterocycles. The van der Waals surface area contributed by atoms with Gasteiger partial charge in [-0.3, -0.25) is 0 Å². The first kappa shape index (κ1) is 34.3. The fourth-order valence-electron chi connectivity index (χ4n) is 11.7. The van der Waals surface area contributed by atoms with Crippen molar-refractivity contribution in [2.45, 2.75) is 116 Å². The molecule has 0 spiro atoms. The summed E-state index contributed by atoms with van der Waals surface area (Å²) in [6, 6.07) is 5.61. The number of hydrogen-bond acceptors (Lipinski definition) is 7. The van der Waals surface area contributed by atoms with Gasteiger partial charge in [-0.1, -0.05) is 44.9 Å². The van der Waals surface area contributed by atoms with Crippen LogP contribution < -0.4 is 10.0 Å². The molecule has 0 radical (unpaired) electrons. The highest BCUT2D eigenvalue weighted by Gasteiger charge is 2.64. The van der Waals surface area contributed by atoms with E-state index in [9.17, 15) is 15.0 Å². The number of nitrogens with zero attached hydrogens (tertiary/aromatic N) is 1. The normalized spacial score (nSPS) is 39.7. The second-order valence-electron chi connectivity index (χ2n) is 16.3. The summed E-state index contributed by atoms with van der Waals surface area (Å²) in [6.07, 6.45) is 10.7. The highest BCUT2D eigenvalue weighted by Crippen LogP contribution is 2.69. The minimum Gasteiger partial charge on any atom is -0.441 e. The fraction of sp³-hybridized carbons (Fsp3) is 0.737. The Balaban J connectivity index is 0.972.